The topological polar surface area (TPSA) is 66.2 Å². The maximum Gasteiger partial charge on any atom is 0.130 e. The molecule has 1 fully saturated rings. The highest BCUT2D eigenvalue weighted by molar-refractivity contribution is 6.30. The van der Waals surface area contributed by atoms with Crippen LogP contribution in [0.25, 0.3) is 0 Å². The number of piperidine rings is 1. The molecule has 1 aliphatic rings. The lowest BCUT2D eigenvalue weighted by atomic mass is 9.98. The predicted molar refractivity (Wildman–Crippen MR) is 146 cm³/mol. The van der Waals surface area contributed by atoms with Crippen LogP contribution in [0.4, 0.5) is 11.5 Å². The average Bonchev–Trinajstić information content (AvgIpc) is 2.84. The number of nitrogens with one attached hydrogen (secondary N) is 2. The molecule has 3 rings (SSSR count). The van der Waals surface area contributed by atoms with E-state index < -0.39 is 0 Å². The molecular weight excluding hydrogens is 430 g/mol. The summed E-state index contributed by atoms with van der Waals surface area (Å²) in [6.45, 7) is 13.4. The molecule has 0 amide bonds. The number of nitrogens with two attached hydrogens (primary N) is 1. The van der Waals surface area contributed by atoms with E-state index in [-0.39, 0.29) is 0 Å². The zero-order valence-corrected chi connectivity index (χ0v) is 21.1. The van der Waals surface area contributed by atoms with Crippen molar-refractivity contribution in [1.82, 2.24) is 10.3 Å². The van der Waals surface area contributed by atoms with Crippen LogP contribution < -0.4 is 21.3 Å². The molecule has 1 aliphatic heterocycles. The standard InChI is InChI=1S/C22H28ClN3.C3H7N.C2H5N/c1-3-20(25-22-11-7-19(23)16-24-22)8-4-18-5-9-21(10-6-18)26-14-12-17(2)13-15-26;1-3-4-2;1-2-3/h5-11,16-17H,3-4,12-15H2,1-2H3,(H,24,25);3-4H,1H2,2H3;2H,1,3H2/b20-8+;;. The molecule has 6 heteroatoms. The van der Waals surface area contributed by atoms with Gasteiger partial charge in [-0.25, -0.2) is 4.98 Å². The number of nitrogens with zero attached hydrogens (tertiary/aromatic N) is 2. The first-order valence-electron chi connectivity index (χ1n) is 11.5. The number of halogens is 1. The van der Waals surface area contributed by atoms with E-state index in [1.54, 1.807) is 12.4 Å². The van der Waals surface area contributed by atoms with Crippen molar-refractivity contribution in [2.45, 2.75) is 39.5 Å². The minimum absolute atomic E-state index is 0.654. The minimum Gasteiger partial charge on any atom is -0.405 e. The summed E-state index contributed by atoms with van der Waals surface area (Å²) in [5.74, 6) is 1.70. The Balaban J connectivity index is 0.000000688. The van der Waals surface area contributed by atoms with Crippen molar-refractivity contribution in [3.8, 4) is 0 Å². The van der Waals surface area contributed by atoms with E-state index in [2.05, 4.69) is 83.6 Å². The van der Waals surface area contributed by atoms with Crippen LogP contribution >= 0.6 is 11.6 Å². The fraction of sp³-hybridized carbons (Fsp3) is 0.370. The molecule has 0 radical (unpaired) electrons. The van der Waals surface area contributed by atoms with Crippen LogP contribution in [0.3, 0.4) is 0 Å². The van der Waals surface area contributed by atoms with E-state index in [4.69, 9.17) is 11.6 Å². The molecule has 0 aliphatic carbocycles. The Morgan fingerprint density at radius 2 is 1.79 bits per heavy atom. The number of rotatable bonds is 7. The molecule has 4 N–H and O–H groups in total. The number of hydrogen-bond acceptors (Lipinski definition) is 5. The van der Waals surface area contributed by atoms with Crippen molar-refractivity contribution in [2.75, 3.05) is 30.4 Å². The summed E-state index contributed by atoms with van der Waals surface area (Å²) in [4.78, 5) is 6.81. The first-order valence-corrected chi connectivity index (χ1v) is 11.9. The highest BCUT2D eigenvalue weighted by Gasteiger charge is 2.15. The lowest BCUT2D eigenvalue weighted by Gasteiger charge is -2.32. The highest BCUT2D eigenvalue weighted by atomic mass is 35.5. The van der Waals surface area contributed by atoms with Crippen LogP contribution in [-0.4, -0.2) is 25.1 Å². The van der Waals surface area contributed by atoms with E-state index in [9.17, 15) is 0 Å². The van der Waals surface area contributed by atoms with Crippen LogP contribution in [0.1, 0.15) is 38.7 Å². The molecule has 0 atom stereocenters. The van der Waals surface area contributed by atoms with Gasteiger partial charge in [-0.05, 0) is 73.8 Å². The maximum absolute atomic E-state index is 5.89. The number of pyridine rings is 1. The van der Waals surface area contributed by atoms with Crippen LogP contribution in [0.2, 0.25) is 5.02 Å². The Morgan fingerprint density at radius 1 is 1.18 bits per heavy atom. The Kier molecular flexibility index (Phi) is 14.2. The molecule has 33 heavy (non-hydrogen) atoms. The number of allylic oxidation sites excluding steroid dienone is 2. The molecule has 1 aromatic heterocycles. The maximum atomic E-state index is 5.89. The van der Waals surface area contributed by atoms with Crippen molar-refractivity contribution < 1.29 is 0 Å². The third kappa shape index (κ3) is 11.5. The van der Waals surface area contributed by atoms with Crippen molar-refractivity contribution in [1.29, 1.82) is 0 Å². The van der Waals surface area contributed by atoms with E-state index >= 15 is 0 Å². The Bertz CT molecular complexity index is 823. The van der Waals surface area contributed by atoms with Crippen LogP contribution in [0.5, 0.6) is 0 Å². The lowest BCUT2D eigenvalue weighted by Crippen LogP contribution is -2.32. The summed E-state index contributed by atoms with van der Waals surface area (Å²) in [5, 5.41) is 6.72. The molecule has 1 saturated heterocycles. The summed E-state index contributed by atoms with van der Waals surface area (Å²) < 4.78 is 0. The number of aromatic nitrogens is 1. The molecule has 0 bridgehead atoms. The second-order valence-electron chi connectivity index (χ2n) is 7.84. The Labute approximate surface area is 205 Å². The van der Waals surface area contributed by atoms with Gasteiger partial charge in [-0.1, -0.05) is 56.8 Å². The van der Waals surface area contributed by atoms with Crippen molar-refractivity contribution in [3.05, 3.63) is 90.5 Å². The minimum atomic E-state index is 0.654. The largest absolute Gasteiger partial charge is 0.405 e. The summed E-state index contributed by atoms with van der Waals surface area (Å²) in [6.07, 6.45) is 11.2. The fourth-order valence-corrected chi connectivity index (χ4v) is 3.36. The smallest absolute Gasteiger partial charge is 0.130 e. The monoisotopic (exact) mass is 469 g/mol. The van der Waals surface area contributed by atoms with Crippen molar-refractivity contribution in [3.63, 3.8) is 0 Å². The van der Waals surface area contributed by atoms with Gasteiger partial charge in [0.05, 0.1) is 5.02 Å². The van der Waals surface area contributed by atoms with Crippen molar-refractivity contribution in [2.24, 2.45) is 11.7 Å². The van der Waals surface area contributed by atoms with Gasteiger partial charge in [-0.15, -0.1) is 0 Å². The number of benzene rings is 1. The van der Waals surface area contributed by atoms with Crippen LogP contribution in [-0.2, 0) is 6.42 Å². The zero-order valence-electron chi connectivity index (χ0n) is 20.4. The Morgan fingerprint density at radius 3 is 2.27 bits per heavy atom. The van der Waals surface area contributed by atoms with Crippen molar-refractivity contribution >= 4 is 23.1 Å². The van der Waals surface area contributed by atoms with Gasteiger partial charge in [0.1, 0.15) is 5.82 Å². The van der Waals surface area contributed by atoms with Gasteiger partial charge >= 0.3 is 0 Å². The molecule has 0 spiro atoms. The SMILES string of the molecule is C=CN.C=CNC.CC/C(=C\Cc1ccc(N2CCC(C)CC2)cc1)Nc1ccc(Cl)cn1. The molecule has 5 nitrogen and oxygen atoms in total. The van der Waals surface area contributed by atoms with Gasteiger partial charge in [0, 0.05) is 37.7 Å². The van der Waals surface area contributed by atoms with Gasteiger partial charge in [-0.2, -0.15) is 0 Å². The second kappa shape index (κ2) is 16.7. The summed E-state index contributed by atoms with van der Waals surface area (Å²) in [6, 6.07) is 12.8. The van der Waals surface area contributed by atoms with Crippen LogP contribution in [0.15, 0.2) is 79.9 Å². The van der Waals surface area contributed by atoms with E-state index in [0.29, 0.717) is 5.02 Å². The van der Waals surface area contributed by atoms with Crippen LogP contribution in [0, 0.1) is 5.92 Å². The van der Waals surface area contributed by atoms with Gasteiger partial charge in [0.25, 0.3) is 0 Å². The summed E-state index contributed by atoms with van der Waals surface area (Å²) in [5.41, 5.74) is 8.47. The van der Waals surface area contributed by atoms with Gasteiger partial charge in [0.2, 0.25) is 0 Å². The van der Waals surface area contributed by atoms with Gasteiger partial charge in [0.15, 0.2) is 0 Å². The number of anilines is 2. The van der Waals surface area contributed by atoms with Gasteiger partial charge in [-0.3, -0.25) is 0 Å². The zero-order chi connectivity index (χ0) is 24.5. The van der Waals surface area contributed by atoms with E-state index in [1.807, 2.05) is 19.2 Å². The summed E-state index contributed by atoms with van der Waals surface area (Å²) >= 11 is 5.89. The average molecular weight is 470 g/mol. The van der Waals surface area contributed by atoms with Gasteiger partial charge < -0.3 is 21.3 Å². The molecule has 1 aromatic carbocycles. The first kappa shape index (κ1) is 28.1. The lowest BCUT2D eigenvalue weighted by molar-refractivity contribution is 0.438. The normalized spacial score (nSPS) is 13.6. The highest BCUT2D eigenvalue weighted by Crippen LogP contribution is 2.23. The van der Waals surface area contributed by atoms with E-state index in [1.165, 1.54) is 49.1 Å². The first-order chi connectivity index (χ1) is 16.0. The molecule has 0 saturated carbocycles. The molecular formula is C27H40ClN5. The Hall–Kier alpha value is -2.92. The fourth-order valence-electron chi connectivity index (χ4n) is 3.25. The van der Waals surface area contributed by atoms with E-state index in [0.717, 1.165) is 24.6 Å². The predicted octanol–water partition coefficient (Wildman–Crippen LogP) is 6.36. The quantitative estimate of drug-likeness (QED) is 0.440. The third-order valence-corrected chi connectivity index (χ3v) is 5.49. The second-order valence-corrected chi connectivity index (χ2v) is 8.27. The number of hydrogen-bond donors (Lipinski definition) is 3. The molecule has 2 heterocycles. The third-order valence-electron chi connectivity index (χ3n) is 5.27. The molecule has 0 unspecified atom stereocenters. The molecule has 2 aromatic rings. The summed E-state index contributed by atoms with van der Waals surface area (Å²) in [7, 11) is 1.81. The molecule has 180 valence electrons.